The van der Waals surface area contributed by atoms with E-state index in [1.165, 1.54) is 6.92 Å². The Morgan fingerprint density at radius 1 is 1.46 bits per heavy atom. The van der Waals surface area contributed by atoms with Crippen molar-refractivity contribution in [3.8, 4) is 0 Å². The van der Waals surface area contributed by atoms with E-state index in [0.29, 0.717) is 0 Å². The van der Waals surface area contributed by atoms with Gasteiger partial charge in [-0.1, -0.05) is 20.3 Å². The normalized spacial score (nSPS) is 14.7. The molecule has 0 bridgehead atoms. The summed E-state index contributed by atoms with van der Waals surface area (Å²) in [7, 11) is 0. The fourth-order valence-electron chi connectivity index (χ4n) is 1.13. The number of rotatable bonds is 5. The SMILES string of the molecule is CCC(C)[C@H](CC(=O)O)NC(C)=O. The highest BCUT2D eigenvalue weighted by Gasteiger charge is 2.19. The molecule has 4 nitrogen and oxygen atoms in total. The maximum absolute atomic E-state index is 10.8. The van der Waals surface area contributed by atoms with Crippen LogP contribution in [-0.2, 0) is 9.59 Å². The average molecular weight is 187 g/mol. The van der Waals surface area contributed by atoms with Gasteiger partial charge < -0.3 is 10.4 Å². The molecule has 4 heteroatoms. The van der Waals surface area contributed by atoms with Gasteiger partial charge in [0.25, 0.3) is 0 Å². The molecule has 0 aromatic carbocycles. The number of aliphatic carboxylic acids is 1. The molecule has 0 heterocycles. The van der Waals surface area contributed by atoms with E-state index in [-0.39, 0.29) is 24.3 Å². The van der Waals surface area contributed by atoms with Gasteiger partial charge in [0.2, 0.25) is 5.91 Å². The molecule has 0 aromatic rings. The van der Waals surface area contributed by atoms with Gasteiger partial charge in [0.15, 0.2) is 0 Å². The summed E-state index contributed by atoms with van der Waals surface area (Å²) in [5, 5.41) is 11.2. The minimum Gasteiger partial charge on any atom is -0.481 e. The Hall–Kier alpha value is -1.06. The number of carboxylic acid groups (broad SMARTS) is 1. The number of carbonyl (C=O) groups is 2. The van der Waals surface area contributed by atoms with Crippen LogP contribution >= 0.6 is 0 Å². The average Bonchev–Trinajstić information content (AvgIpc) is 2.00. The first kappa shape index (κ1) is 11.9. The fourth-order valence-corrected chi connectivity index (χ4v) is 1.13. The third-order valence-electron chi connectivity index (χ3n) is 2.11. The molecular formula is C9H17NO3. The van der Waals surface area contributed by atoms with Crippen molar-refractivity contribution >= 4 is 11.9 Å². The van der Waals surface area contributed by atoms with Crippen molar-refractivity contribution in [2.75, 3.05) is 0 Å². The Labute approximate surface area is 78.3 Å². The maximum atomic E-state index is 10.8. The van der Waals surface area contributed by atoms with Gasteiger partial charge in [-0.05, 0) is 5.92 Å². The van der Waals surface area contributed by atoms with Crippen LogP contribution in [0.25, 0.3) is 0 Å². The highest BCUT2D eigenvalue weighted by atomic mass is 16.4. The Balaban J connectivity index is 4.17. The van der Waals surface area contributed by atoms with Gasteiger partial charge in [0.1, 0.15) is 0 Å². The van der Waals surface area contributed by atoms with Crippen LogP contribution in [0.4, 0.5) is 0 Å². The number of carboxylic acids is 1. The molecule has 0 aromatic heterocycles. The molecule has 1 unspecified atom stereocenters. The molecule has 0 spiro atoms. The molecule has 0 aliphatic heterocycles. The fraction of sp³-hybridized carbons (Fsp3) is 0.778. The topological polar surface area (TPSA) is 66.4 Å². The van der Waals surface area contributed by atoms with Crippen molar-refractivity contribution in [3.63, 3.8) is 0 Å². The van der Waals surface area contributed by atoms with E-state index in [1.807, 2.05) is 13.8 Å². The summed E-state index contributed by atoms with van der Waals surface area (Å²) in [6.45, 7) is 5.31. The Morgan fingerprint density at radius 2 is 2.00 bits per heavy atom. The molecule has 0 saturated carbocycles. The van der Waals surface area contributed by atoms with E-state index in [1.54, 1.807) is 0 Å². The number of hydrogen-bond acceptors (Lipinski definition) is 2. The van der Waals surface area contributed by atoms with Gasteiger partial charge in [-0.2, -0.15) is 0 Å². The van der Waals surface area contributed by atoms with Crippen molar-refractivity contribution in [2.45, 2.75) is 39.7 Å². The van der Waals surface area contributed by atoms with E-state index >= 15 is 0 Å². The largest absolute Gasteiger partial charge is 0.481 e. The Kier molecular flexibility index (Phi) is 5.11. The van der Waals surface area contributed by atoms with Crippen molar-refractivity contribution in [3.05, 3.63) is 0 Å². The third-order valence-corrected chi connectivity index (χ3v) is 2.11. The van der Waals surface area contributed by atoms with Crippen LogP contribution in [0.1, 0.15) is 33.6 Å². The first-order valence-corrected chi connectivity index (χ1v) is 4.46. The van der Waals surface area contributed by atoms with Crippen LogP contribution in [0, 0.1) is 5.92 Å². The summed E-state index contributed by atoms with van der Waals surface area (Å²) < 4.78 is 0. The van der Waals surface area contributed by atoms with Crippen LogP contribution < -0.4 is 5.32 Å². The zero-order valence-electron chi connectivity index (χ0n) is 8.33. The summed E-state index contributed by atoms with van der Waals surface area (Å²) in [5.41, 5.74) is 0. The molecule has 0 radical (unpaired) electrons. The number of nitrogens with one attached hydrogen (secondary N) is 1. The van der Waals surface area contributed by atoms with Gasteiger partial charge in [-0.3, -0.25) is 9.59 Å². The lowest BCUT2D eigenvalue weighted by molar-refractivity contribution is -0.138. The quantitative estimate of drug-likeness (QED) is 0.675. The van der Waals surface area contributed by atoms with Gasteiger partial charge >= 0.3 is 5.97 Å². The molecule has 0 fully saturated rings. The smallest absolute Gasteiger partial charge is 0.305 e. The Bertz CT molecular complexity index is 175. The van der Waals surface area contributed by atoms with E-state index in [4.69, 9.17) is 5.11 Å². The molecule has 2 N–H and O–H groups in total. The van der Waals surface area contributed by atoms with Crippen LogP contribution in [0.5, 0.6) is 0 Å². The van der Waals surface area contributed by atoms with Crippen LogP contribution in [0.3, 0.4) is 0 Å². The second kappa shape index (κ2) is 5.56. The summed E-state index contributed by atoms with van der Waals surface area (Å²) in [6, 6.07) is -0.250. The molecule has 0 aliphatic rings. The molecule has 76 valence electrons. The molecule has 0 aliphatic carbocycles. The summed E-state index contributed by atoms with van der Waals surface area (Å²) in [6.07, 6.45) is 0.854. The second-order valence-electron chi connectivity index (χ2n) is 3.29. The molecule has 0 saturated heterocycles. The predicted octanol–water partition coefficient (Wildman–Crippen LogP) is 1.01. The van der Waals surface area contributed by atoms with E-state index in [2.05, 4.69) is 5.32 Å². The van der Waals surface area contributed by atoms with Crippen LogP contribution in [-0.4, -0.2) is 23.0 Å². The van der Waals surface area contributed by atoms with E-state index < -0.39 is 5.97 Å². The monoisotopic (exact) mass is 187 g/mol. The summed E-state index contributed by atoms with van der Waals surface area (Å²) in [5.74, 6) is -0.856. The zero-order valence-corrected chi connectivity index (χ0v) is 8.33. The minimum absolute atomic E-state index is 0.00537. The highest BCUT2D eigenvalue weighted by Crippen LogP contribution is 2.10. The van der Waals surface area contributed by atoms with Crippen molar-refractivity contribution in [1.82, 2.24) is 5.32 Å². The maximum Gasteiger partial charge on any atom is 0.305 e. The van der Waals surface area contributed by atoms with Crippen molar-refractivity contribution in [2.24, 2.45) is 5.92 Å². The number of amides is 1. The lowest BCUT2D eigenvalue weighted by atomic mass is 9.96. The second-order valence-corrected chi connectivity index (χ2v) is 3.29. The first-order chi connectivity index (χ1) is 5.97. The molecule has 2 atom stereocenters. The number of carbonyl (C=O) groups excluding carboxylic acids is 1. The summed E-state index contributed by atoms with van der Waals surface area (Å²) in [4.78, 5) is 21.2. The summed E-state index contributed by atoms with van der Waals surface area (Å²) >= 11 is 0. The van der Waals surface area contributed by atoms with Gasteiger partial charge in [0.05, 0.1) is 6.42 Å². The zero-order chi connectivity index (χ0) is 10.4. The van der Waals surface area contributed by atoms with Gasteiger partial charge in [0, 0.05) is 13.0 Å². The molecule has 13 heavy (non-hydrogen) atoms. The highest BCUT2D eigenvalue weighted by molar-refractivity contribution is 5.74. The lowest BCUT2D eigenvalue weighted by Gasteiger charge is -2.21. The van der Waals surface area contributed by atoms with Crippen molar-refractivity contribution in [1.29, 1.82) is 0 Å². The minimum atomic E-state index is -0.876. The lowest BCUT2D eigenvalue weighted by Crippen LogP contribution is -2.39. The molecule has 0 rings (SSSR count). The van der Waals surface area contributed by atoms with Crippen LogP contribution in [0.2, 0.25) is 0 Å². The van der Waals surface area contributed by atoms with Crippen molar-refractivity contribution < 1.29 is 14.7 Å². The van der Waals surface area contributed by atoms with Gasteiger partial charge in [-0.25, -0.2) is 0 Å². The number of hydrogen-bond donors (Lipinski definition) is 2. The predicted molar refractivity (Wildman–Crippen MR) is 49.3 cm³/mol. The third kappa shape index (κ3) is 5.22. The standard InChI is InChI=1S/C9H17NO3/c1-4-6(2)8(5-9(12)13)10-7(3)11/h6,8H,4-5H2,1-3H3,(H,10,11)(H,12,13)/t6?,8-/m0/s1. The Morgan fingerprint density at radius 3 is 2.31 bits per heavy atom. The molecular weight excluding hydrogens is 170 g/mol. The first-order valence-electron chi connectivity index (χ1n) is 4.46. The van der Waals surface area contributed by atoms with Crippen LogP contribution in [0.15, 0.2) is 0 Å². The van der Waals surface area contributed by atoms with E-state index in [9.17, 15) is 9.59 Å². The van der Waals surface area contributed by atoms with Gasteiger partial charge in [-0.15, -0.1) is 0 Å². The van der Waals surface area contributed by atoms with E-state index in [0.717, 1.165) is 6.42 Å². The molecule has 1 amide bonds.